The highest BCUT2D eigenvalue weighted by Crippen LogP contribution is 2.35. The minimum atomic E-state index is -1.24. The molecule has 0 bridgehead atoms. The van der Waals surface area contributed by atoms with Crippen LogP contribution in [0.5, 0.6) is 0 Å². The van der Waals surface area contributed by atoms with Crippen molar-refractivity contribution in [1.29, 1.82) is 0 Å². The maximum absolute atomic E-state index is 13.0. The first-order valence-corrected chi connectivity index (χ1v) is 9.46. The molecule has 1 saturated heterocycles. The first kappa shape index (κ1) is 18.4. The van der Waals surface area contributed by atoms with Crippen LogP contribution in [0.3, 0.4) is 0 Å². The van der Waals surface area contributed by atoms with Crippen LogP contribution in [-0.4, -0.2) is 29.0 Å². The Bertz CT molecular complexity index is 992. The van der Waals surface area contributed by atoms with E-state index in [-0.39, 0.29) is 31.1 Å². The van der Waals surface area contributed by atoms with Crippen LogP contribution in [0.4, 0.5) is 5.69 Å². The Morgan fingerprint density at radius 2 is 1.93 bits per heavy atom. The number of carbonyl (C=O) groups is 3. The van der Waals surface area contributed by atoms with Gasteiger partial charge in [0.25, 0.3) is 5.91 Å². The number of ether oxygens (including phenoxy) is 1. The Kier molecular flexibility index (Phi) is 4.72. The molecule has 2 aromatic carbocycles. The van der Waals surface area contributed by atoms with E-state index >= 15 is 0 Å². The number of hydrazone groups is 1. The number of imide groups is 1. The standard InChI is InChI=1S/C20H16BrN3O4/c21-14-7-4-8-15(9-14)24-17(25)11-20(19(24)27)10-16(22-23-20)18(26)28-12-13-5-2-1-3-6-13/h1-9,23H,10-12H2. The molecular formula is C20H16BrN3O4. The summed E-state index contributed by atoms with van der Waals surface area (Å²) in [6, 6.07) is 16.2. The average molecular weight is 442 g/mol. The molecule has 7 nitrogen and oxygen atoms in total. The third-order valence-electron chi connectivity index (χ3n) is 4.70. The van der Waals surface area contributed by atoms with Crippen LogP contribution in [0.15, 0.2) is 64.2 Å². The lowest BCUT2D eigenvalue weighted by molar-refractivity contribution is -0.136. The molecule has 4 rings (SSSR count). The minimum Gasteiger partial charge on any atom is -0.456 e. The third kappa shape index (κ3) is 3.31. The van der Waals surface area contributed by atoms with E-state index in [1.165, 1.54) is 0 Å². The molecule has 8 heteroatoms. The summed E-state index contributed by atoms with van der Waals surface area (Å²) in [6.07, 6.45) is -0.0625. The van der Waals surface area contributed by atoms with Crippen molar-refractivity contribution in [2.24, 2.45) is 5.10 Å². The van der Waals surface area contributed by atoms with Crippen LogP contribution in [0, 0.1) is 0 Å². The smallest absolute Gasteiger partial charge is 0.354 e. The van der Waals surface area contributed by atoms with Gasteiger partial charge in [-0.25, -0.2) is 9.69 Å². The molecule has 2 aromatic rings. The van der Waals surface area contributed by atoms with Crippen molar-refractivity contribution >= 4 is 45.1 Å². The molecule has 0 aliphatic carbocycles. The second-order valence-corrected chi connectivity index (χ2v) is 7.60. The van der Waals surface area contributed by atoms with Crippen LogP contribution < -0.4 is 10.3 Å². The highest BCUT2D eigenvalue weighted by molar-refractivity contribution is 9.10. The van der Waals surface area contributed by atoms with Gasteiger partial charge in [0.1, 0.15) is 17.9 Å². The lowest BCUT2D eigenvalue weighted by Crippen LogP contribution is -2.47. The van der Waals surface area contributed by atoms with Gasteiger partial charge in [0.05, 0.1) is 12.1 Å². The summed E-state index contributed by atoms with van der Waals surface area (Å²) in [6.45, 7) is 0.114. The lowest BCUT2D eigenvalue weighted by Gasteiger charge is -2.21. The number of benzene rings is 2. The molecule has 1 fully saturated rings. The Labute approximate surface area is 169 Å². The van der Waals surface area contributed by atoms with Crippen LogP contribution in [0.2, 0.25) is 0 Å². The van der Waals surface area contributed by atoms with Gasteiger partial charge in [-0.05, 0) is 23.8 Å². The number of nitrogens with zero attached hydrogens (tertiary/aromatic N) is 2. The SMILES string of the molecule is O=C(OCc1ccccc1)C1=NNC2(CC(=O)N(c3cccc(Br)c3)C2=O)C1. The minimum absolute atomic E-state index is 0.00962. The highest BCUT2D eigenvalue weighted by atomic mass is 79.9. The summed E-state index contributed by atoms with van der Waals surface area (Å²) >= 11 is 3.34. The fourth-order valence-electron chi connectivity index (χ4n) is 3.31. The van der Waals surface area contributed by atoms with Crippen molar-refractivity contribution in [2.75, 3.05) is 4.90 Å². The number of hydrogen-bond donors (Lipinski definition) is 1. The van der Waals surface area contributed by atoms with Gasteiger partial charge in [0.15, 0.2) is 0 Å². The number of carbonyl (C=O) groups excluding carboxylic acids is 3. The summed E-state index contributed by atoms with van der Waals surface area (Å²) in [5, 5.41) is 4.00. The van der Waals surface area contributed by atoms with E-state index in [0.717, 1.165) is 14.9 Å². The molecule has 1 atom stereocenters. The molecule has 142 valence electrons. The average Bonchev–Trinajstić information content (AvgIpc) is 3.22. The quantitative estimate of drug-likeness (QED) is 0.581. The van der Waals surface area contributed by atoms with Crippen LogP contribution >= 0.6 is 15.9 Å². The fourth-order valence-corrected chi connectivity index (χ4v) is 3.69. The number of hydrogen-bond acceptors (Lipinski definition) is 6. The van der Waals surface area contributed by atoms with E-state index in [2.05, 4.69) is 26.5 Å². The lowest BCUT2D eigenvalue weighted by atomic mass is 9.93. The van der Waals surface area contributed by atoms with Crippen molar-refractivity contribution < 1.29 is 19.1 Å². The molecule has 2 amide bonds. The molecule has 1 N–H and O–H groups in total. The zero-order valence-electron chi connectivity index (χ0n) is 14.7. The van der Waals surface area contributed by atoms with E-state index < -0.39 is 17.4 Å². The van der Waals surface area contributed by atoms with Crippen molar-refractivity contribution in [1.82, 2.24) is 5.43 Å². The Morgan fingerprint density at radius 3 is 2.68 bits per heavy atom. The molecule has 0 aromatic heterocycles. The summed E-state index contributed by atoms with van der Waals surface area (Å²) in [5.41, 5.74) is 2.92. The van der Waals surface area contributed by atoms with E-state index in [0.29, 0.717) is 5.69 Å². The van der Waals surface area contributed by atoms with E-state index in [1.54, 1.807) is 18.2 Å². The first-order chi connectivity index (χ1) is 13.5. The van der Waals surface area contributed by atoms with Crippen LogP contribution in [0.25, 0.3) is 0 Å². The van der Waals surface area contributed by atoms with E-state index in [9.17, 15) is 14.4 Å². The van der Waals surface area contributed by atoms with Crippen molar-refractivity contribution in [3.05, 3.63) is 64.6 Å². The molecule has 28 heavy (non-hydrogen) atoms. The van der Waals surface area contributed by atoms with Gasteiger partial charge in [-0.3, -0.25) is 15.0 Å². The summed E-state index contributed by atoms with van der Waals surface area (Å²) < 4.78 is 6.04. The van der Waals surface area contributed by atoms with E-state index in [4.69, 9.17) is 4.74 Å². The predicted molar refractivity (Wildman–Crippen MR) is 105 cm³/mol. The number of anilines is 1. The number of amides is 2. The van der Waals surface area contributed by atoms with Crippen molar-refractivity contribution in [3.8, 4) is 0 Å². The van der Waals surface area contributed by atoms with Crippen LogP contribution in [0.1, 0.15) is 18.4 Å². The molecule has 2 aliphatic heterocycles. The molecule has 2 aliphatic rings. The van der Waals surface area contributed by atoms with Gasteiger partial charge in [-0.2, -0.15) is 5.10 Å². The van der Waals surface area contributed by atoms with Crippen LogP contribution in [-0.2, 0) is 25.7 Å². The maximum atomic E-state index is 13.0. The Balaban J connectivity index is 1.45. The third-order valence-corrected chi connectivity index (χ3v) is 5.20. The van der Waals surface area contributed by atoms with E-state index in [1.807, 2.05) is 36.4 Å². The Morgan fingerprint density at radius 1 is 1.14 bits per heavy atom. The highest BCUT2D eigenvalue weighted by Gasteiger charge is 2.56. The second kappa shape index (κ2) is 7.20. The van der Waals surface area contributed by atoms with Gasteiger partial charge in [-0.15, -0.1) is 0 Å². The molecule has 1 unspecified atom stereocenters. The molecule has 1 spiro atoms. The topological polar surface area (TPSA) is 88.1 Å². The summed E-state index contributed by atoms with van der Waals surface area (Å²) in [7, 11) is 0. The van der Waals surface area contributed by atoms with Gasteiger partial charge in [0, 0.05) is 10.9 Å². The molecule has 2 heterocycles. The van der Waals surface area contributed by atoms with Crippen molar-refractivity contribution in [2.45, 2.75) is 25.0 Å². The largest absolute Gasteiger partial charge is 0.456 e. The summed E-state index contributed by atoms with van der Waals surface area (Å²) in [5.74, 6) is -1.37. The first-order valence-electron chi connectivity index (χ1n) is 8.66. The fraction of sp³-hybridized carbons (Fsp3) is 0.200. The zero-order chi connectivity index (χ0) is 19.7. The second-order valence-electron chi connectivity index (χ2n) is 6.68. The normalized spacial score (nSPS) is 21.0. The summed E-state index contributed by atoms with van der Waals surface area (Å²) in [4.78, 5) is 39.0. The van der Waals surface area contributed by atoms with Crippen molar-refractivity contribution in [3.63, 3.8) is 0 Å². The molecule has 0 radical (unpaired) electrons. The predicted octanol–water partition coefficient (Wildman–Crippen LogP) is 2.54. The van der Waals surface area contributed by atoms with Gasteiger partial charge >= 0.3 is 5.97 Å². The molecule has 0 saturated carbocycles. The maximum Gasteiger partial charge on any atom is 0.354 e. The molecular weight excluding hydrogens is 426 g/mol. The monoisotopic (exact) mass is 441 g/mol. The van der Waals surface area contributed by atoms with Gasteiger partial charge in [0.2, 0.25) is 5.91 Å². The number of nitrogens with one attached hydrogen (secondary N) is 1. The number of esters is 1. The Hall–Kier alpha value is -3.00. The number of halogens is 1. The van der Waals surface area contributed by atoms with Gasteiger partial charge in [-0.1, -0.05) is 52.3 Å². The number of rotatable bonds is 4. The zero-order valence-corrected chi connectivity index (χ0v) is 16.3. The van der Waals surface area contributed by atoms with Gasteiger partial charge < -0.3 is 4.74 Å².